The summed E-state index contributed by atoms with van der Waals surface area (Å²) in [4.78, 5) is 26.6. The first-order valence-corrected chi connectivity index (χ1v) is 7.73. The van der Waals surface area contributed by atoms with E-state index < -0.39 is 5.97 Å². The van der Waals surface area contributed by atoms with Crippen LogP contribution in [0, 0.1) is 0 Å². The first-order valence-electron chi connectivity index (χ1n) is 6.15. The second-order valence-corrected chi connectivity index (χ2v) is 6.80. The zero-order valence-corrected chi connectivity index (χ0v) is 13.0. The van der Waals surface area contributed by atoms with Crippen LogP contribution in [-0.2, 0) is 4.79 Å². The molecule has 1 saturated heterocycles. The lowest BCUT2D eigenvalue weighted by molar-refractivity contribution is -0.137. The van der Waals surface area contributed by atoms with Crippen molar-refractivity contribution in [1.82, 2.24) is 9.80 Å². The van der Waals surface area contributed by atoms with E-state index >= 15 is 0 Å². The van der Waals surface area contributed by atoms with Crippen LogP contribution in [0.3, 0.4) is 0 Å². The molecule has 0 atom stereocenters. The number of nitrogens with zero attached hydrogens (tertiary/aromatic N) is 2. The number of thiophene rings is 1. The van der Waals surface area contributed by atoms with Gasteiger partial charge >= 0.3 is 5.97 Å². The maximum atomic E-state index is 12.3. The Morgan fingerprint density at radius 1 is 1.25 bits per heavy atom. The van der Waals surface area contributed by atoms with Gasteiger partial charge in [0.1, 0.15) is 4.34 Å². The third-order valence-electron chi connectivity index (χ3n) is 3.19. The number of hydrogen-bond donors (Lipinski definition) is 1. The van der Waals surface area contributed by atoms with Crippen molar-refractivity contribution in [3.63, 3.8) is 0 Å². The average molecular weight is 337 g/mol. The van der Waals surface area contributed by atoms with Gasteiger partial charge in [-0.25, -0.2) is 0 Å². The van der Waals surface area contributed by atoms with Crippen molar-refractivity contribution >= 4 is 46.4 Å². The van der Waals surface area contributed by atoms with Gasteiger partial charge in [-0.3, -0.25) is 14.5 Å². The fourth-order valence-corrected chi connectivity index (χ4v) is 3.53. The van der Waals surface area contributed by atoms with Gasteiger partial charge in [0, 0.05) is 32.7 Å². The minimum absolute atomic E-state index is 0.115. The van der Waals surface area contributed by atoms with Gasteiger partial charge in [0.25, 0.3) is 5.91 Å². The number of aliphatic carboxylic acids is 1. The highest BCUT2D eigenvalue weighted by atomic mass is 35.5. The van der Waals surface area contributed by atoms with Crippen LogP contribution in [0.25, 0.3) is 0 Å². The molecular weight excluding hydrogens is 323 g/mol. The van der Waals surface area contributed by atoms with Crippen molar-refractivity contribution in [2.75, 3.05) is 32.7 Å². The smallest absolute Gasteiger partial charge is 0.304 e. The van der Waals surface area contributed by atoms with Crippen molar-refractivity contribution in [3.8, 4) is 0 Å². The van der Waals surface area contributed by atoms with E-state index in [2.05, 4.69) is 0 Å². The summed E-state index contributed by atoms with van der Waals surface area (Å²) in [7, 11) is 0. The van der Waals surface area contributed by atoms with Gasteiger partial charge in [-0.1, -0.05) is 23.2 Å². The van der Waals surface area contributed by atoms with Crippen LogP contribution in [0.4, 0.5) is 0 Å². The topological polar surface area (TPSA) is 60.9 Å². The summed E-state index contributed by atoms with van der Waals surface area (Å²) in [6, 6.07) is 1.59. The Morgan fingerprint density at radius 2 is 1.90 bits per heavy atom. The summed E-state index contributed by atoms with van der Waals surface area (Å²) >= 11 is 13.0. The second-order valence-electron chi connectivity index (χ2n) is 4.52. The Bertz CT molecular complexity index is 513. The Balaban J connectivity index is 1.89. The third kappa shape index (κ3) is 3.85. The number of piperazine rings is 1. The molecule has 2 rings (SSSR count). The first kappa shape index (κ1) is 15.6. The van der Waals surface area contributed by atoms with Crippen LogP contribution in [0.1, 0.15) is 16.8 Å². The Kier molecular flexibility index (Phi) is 5.26. The molecule has 5 nitrogen and oxygen atoms in total. The number of hydrogen-bond acceptors (Lipinski definition) is 4. The van der Waals surface area contributed by atoms with Gasteiger partial charge in [0.2, 0.25) is 0 Å². The van der Waals surface area contributed by atoms with E-state index in [1.165, 1.54) is 11.3 Å². The van der Waals surface area contributed by atoms with E-state index in [9.17, 15) is 9.59 Å². The molecule has 8 heteroatoms. The SMILES string of the molecule is O=C(O)CCN1CCN(C(=O)c2cc(Cl)sc2Cl)CC1. The lowest BCUT2D eigenvalue weighted by Gasteiger charge is -2.34. The lowest BCUT2D eigenvalue weighted by atomic mass is 10.2. The average Bonchev–Trinajstić information content (AvgIpc) is 2.75. The lowest BCUT2D eigenvalue weighted by Crippen LogP contribution is -2.49. The quantitative estimate of drug-likeness (QED) is 0.916. The van der Waals surface area contributed by atoms with Crippen molar-refractivity contribution in [1.29, 1.82) is 0 Å². The summed E-state index contributed by atoms with van der Waals surface area (Å²) in [5.74, 6) is -0.917. The van der Waals surface area contributed by atoms with Gasteiger partial charge in [-0.2, -0.15) is 0 Å². The number of amides is 1. The monoisotopic (exact) mass is 336 g/mol. The molecule has 0 unspecified atom stereocenters. The van der Waals surface area contributed by atoms with Crippen molar-refractivity contribution < 1.29 is 14.7 Å². The number of carboxylic acid groups (broad SMARTS) is 1. The summed E-state index contributed by atoms with van der Waals surface area (Å²) in [5.41, 5.74) is 0.445. The number of carbonyl (C=O) groups is 2. The molecule has 0 saturated carbocycles. The number of carboxylic acids is 1. The van der Waals surface area contributed by atoms with Crippen LogP contribution in [0.5, 0.6) is 0 Å². The number of halogens is 2. The molecule has 1 aromatic heterocycles. The summed E-state index contributed by atoms with van der Waals surface area (Å²) in [5, 5.41) is 8.65. The summed E-state index contributed by atoms with van der Waals surface area (Å²) in [6.45, 7) is 3.01. The maximum absolute atomic E-state index is 12.3. The van der Waals surface area contributed by atoms with E-state index in [1.807, 2.05) is 4.90 Å². The molecule has 1 aliphatic rings. The first-order chi connectivity index (χ1) is 9.47. The molecule has 0 bridgehead atoms. The van der Waals surface area contributed by atoms with Gasteiger partial charge < -0.3 is 10.0 Å². The molecule has 0 spiro atoms. The minimum atomic E-state index is -0.803. The van der Waals surface area contributed by atoms with Crippen molar-refractivity contribution in [2.24, 2.45) is 0 Å². The molecule has 110 valence electrons. The van der Waals surface area contributed by atoms with Crippen LogP contribution in [0.15, 0.2) is 6.07 Å². The molecular formula is C12H14Cl2N2O3S. The fourth-order valence-electron chi connectivity index (χ4n) is 2.08. The molecule has 2 heterocycles. The summed E-state index contributed by atoms with van der Waals surface area (Å²) in [6.07, 6.45) is 0.125. The zero-order valence-electron chi connectivity index (χ0n) is 10.6. The normalized spacial score (nSPS) is 16.4. The van der Waals surface area contributed by atoms with Crippen LogP contribution in [0.2, 0.25) is 8.67 Å². The van der Waals surface area contributed by atoms with Gasteiger partial charge in [-0.15, -0.1) is 11.3 Å². The summed E-state index contributed by atoms with van der Waals surface area (Å²) < 4.78 is 0.909. The fraction of sp³-hybridized carbons (Fsp3) is 0.500. The predicted octanol–water partition coefficient (Wildman–Crippen LogP) is 2.29. The van der Waals surface area contributed by atoms with Crippen LogP contribution < -0.4 is 0 Å². The van der Waals surface area contributed by atoms with Crippen molar-refractivity contribution in [2.45, 2.75) is 6.42 Å². The minimum Gasteiger partial charge on any atom is -0.481 e. The molecule has 1 N–H and O–H groups in total. The third-order valence-corrected chi connectivity index (χ3v) is 4.68. The standard InChI is InChI=1S/C12H14Cl2N2O3S/c13-9-7-8(11(14)20-9)12(19)16-5-3-15(4-6-16)2-1-10(17)18/h7H,1-6H2,(H,17,18). The highest BCUT2D eigenvalue weighted by molar-refractivity contribution is 7.20. The molecule has 1 aromatic rings. The molecule has 0 radical (unpaired) electrons. The van der Waals surface area contributed by atoms with Gasteiger partial charge in [0.05, 0.1) is 16.3 Å². The van der Waals surface area contributed by atoms with E-state index in [0.717, 1.165) is 0 Å². The predicted molar refractivity (Wildman–Crippen MR) is 78.9 cm³/mol. The molecule has 1 aliphatic heterocycles. The van der Waals surface area contributed by atoms with E-state index in [-0.39, 0.29) is 12.3 Å². The largest absolute Gasteiger partial charge is 0.481 e. The molecule has 20 heavy (non-hydrogen) atoms. The Labute approximate surface area is 130 Å². The molecule has 1 fully saturated rings. The Morgan fingerprint density at radius 3 is 2.40 bits per heavy atom. The molecule has 1 amide bonds. The van der Waals surface area contributed by atoms with Gasteiger partial charge in [0.15, 0.2) is 0 Å². The van der Waals surface area contributed by atoms with Crippen LogP contribution in [-0.4, -0.2) is 59.5 Å². The zero-order chi connectivity index (χ0) is 14.7. The number of rotatable bonds is 4. The van der Waals surface area contributed by atoms with E-state index in [0.29, 0.717) is 47.0 Å². The molecule has 0 aliphatic carbocycles. The highest BCUT2D eigenvalue weighted by Crippen LogP contribution is 2.32. The molecule has 0 aromatic carbocycles. The Hall–Kier alpha value is -0.820. The highest BCUT2D eigenvalue weighted by Gasteiger charge is 2.24. The van der Waals surface area contributed by atoms with Crippen molar-refractivity contribution in [3.05, 3.63) is 20.3 Å². The van der Waals surface area contributed by atoms with Gasteiger partial charge in [-0.05, 0) is 6.07 Å². The van der Waals surface area contributed by atoms with E-state index in [1.54, 1.807) is 11.0 Å². The number of carbonyl (C=O) groups excluding carboxylic acids is 1. The second kappa shape index (κ2) is 6.76. The van der Waals surface area contributed by atoms with Crippen LogP contribution >= 0.6 is 34.5 Å². The maximum Gasteiger partial charge on any atom is 0.304 e. The van der Waals surface area contributed by atoms with E-state index in [4.69, 9.17) is 28.3 Å².